The minimum atomic E-state index is -0.499. The quantitative estimate of drug-likeness (QED) is 0.488. The van der Waals surface area contributed by atoms with E-state index in [0.717, 1.165) is 4.90 Å². The highest BCUT2D eigenvalue weighted by Gasteiger charge is 2.11. The van der Waals surface area contributed by atoms with Crippen molar-refractivity contribution in [3.8, 4) is 0 Å². The van der Waals surface area contributed by atoms with Crippen LogP contribution in [0.4, 0.5) is 10.1 Å². The van der Waals surface area contributed by atoms with Crippen LogP contribution in [0.1, 0.15) is 30.6 Å². The summed E-state index contributed by atoms with van der Waals surface area (Å²) in [6, 6.07) is 12.2. The number of carbonyl (C=O) groups excluding carboxylic acids is 3. The average molecular weight is 419 g/mol. The molecule has 0 aliphatic carbocycles. The summed E-state index contributed by atoms with van der Waals surface area (Å²) in [7, 11) is 0. The minimum Gasteiger partial charge on any atom is -0.459 e. The highest BCUT2D eigenvalue weighted by Crippen LogP contribution is 2.19. The predicted octanol–water partition coefficient (Wildman–Crippen LogP) is 4.06. The molecule has 8 heteroatoms. The number of anilines is 1. The molecule has 2 rings (SSSR count). The number of benzene rings is 2. The lowest BCUT2D eigenvalue weighted by molar-refractivity contribution is -0.146. The lowest BCUT2D eigenvalue weighted by atomic mass is 10.2. The number of carbonyl (C=O) groups is 3. The molecule has 0 aliphatic rings. The summed E-state index contributed by atoms with van der Waals surface area (Å²) in [6.07, 6.45) is -0.0900. The number of esters is 2. The van der Waals surface area contributed by atoms with Gasteiger partial charge in [-0.2, -0.15) is 0 Å². The topological polar surface area (TPSA) is 81.7 Å². The largest absolute Gasteiger partial charge is 0.459 e. The maximum atomic E-state index is 12.8. The fourth-order valence-corrected chi connectivity index (χ4v) is 3.00. The summed E-state index contributed by atoms with van der Waals surface area (Å²) in [6.45, 7) is 3.11. The first-order chi connectivity index (χ1) is 13.8. The molecule has 1 N–H and O–H groups in total. The predicted molar refractivity (Wildman–Crippen MR) is 108 cm³/mol. The van der Waals surface area contributed by atoms with Crippen LogP contribution in [0.2, 0.25) is 0 Å². The summed E-state index contributed by atoms with van der Waals surface area (Å²) in [5.41, 5.74) is 0.848. The van der Waals surface area contributed by atoms with Gasteiger partial charge in [0.25, 0.3) is 5.91 Å². The smallest absolute Gasteiger partial charge is 0.338 e. The Balaban J connectivity index is 1.68. The van der Waals surface area contributed by atoms with E-state index in [4.69, 9.17) is 9.47 Å². The standard InChI is InChI=1S/C21H22FNO5S/c1-14(2)28-21(26)15-3-7-17(8-4-15)23-19(24)13-27-20(25)11-12-29-18-9-5-16(22)6-10-18/h3-10,14H,11-13H2,1-2H3,(H,23,24). The van der Waals surface area contributed by atoms with Gasteiger partial charge in [0.2, 0.25) is 0 Å². The number of ether oxygens (including phenoxy) is 2. The number of rotatable bonds is 9. The van der Waals surface area contributed by atoms with Gasteiger partial charge in [-0.05, 0) is 62.4 Å². The lowest BCUT2D eigenvalue weighted by Gasteiger charge is -2.09. The molecule has 0 aromatic heterocycles. The van der Waals surface area contributed by atoms with Crippen LogP contribution in [0, 0.1) is 5.82 Å². The molecule has 0 bridgehead atoms. The van der Waals surface area contributed by atoms with E-state index in [-0.39, 0.29) is 18.3 Å². The van der Waals surface area contributed by atoms with Gasteiger partial charge in [-0.1, -0.05) is 0 Å². The molecular formula is C21H22FNO5S. The zero-order valence-electron chi connectivity index (χ0n) is 16.1. The van der Waals surface area contributed by atoms with Gasteiger partial charge in [-0.3, -0.25) is 9.59 Å². The summed E-state index contributed by atoms with van der Waals surface area (Å²) in [4.78, 5) is 36.2. The Kier molecular flexibility index (Phi) is 8.67. The maximum Gasteiger partial charge on any atom is 0.338 e. The van der Waals surface area contributed by atoms with Crippen LogP contribution in [-0.2, 0) is 19.1 Å². The van der Waals surface area contributed by atoms with E-state index in [1.165, 1.54) is 23.9 Å². The van der Waals surface area contributed by atoms with Crippen molar-refractivity contribution in [2.24, 2.45) is 0 Å². The molecule has 0 aliphatic heterocycles. The van der Waals surface area contributed by atoms with Crippen molar-refractivity contribution >= 4 is 35.3 Å². The van der Waals surface area contributed by atoms with Crippen molar-refractivity contribution in [1.29, 1.82) is 0 Å². The number of thioether (sulfide) groups is 1. The highest BCUT2D eigenvalue weighted by atomic mass is 32.2. The molecule has 0 unspecified atom stereocenters. The van der Waals surface area contributed by atoms with Gasteiger partial charge in [-0.15, -0.1) is 11.8 Å². The molecule has 2 aromatic carbocycles. The third kappa shape index (κ3) is 8.35. The first-order valence-corrected chi connectivity index (χ1v) is 9.97. The number of amides is 1. The SMILES string of the molecule is CC(C)OC(=O)c1ccc(NC(=O)COC(=O)CCSc2ccc(F)cc2)cc1. The van der Waals surface area contributed by atoms with E-state index in [0.29, 0.717) is 17.0 Å². The van der Waals surface area contributed by atoms with Gasteiger partial charge in [0.1, 0.15) is 5.82 Å². The van der Waals surface area contributed by atoms with Gasteiger partial charge < -0.3 is 14.8 Å². The van der Waals surface area contributed by atoms with Crippen molar-refractivity contribution in [3.05, 3.63) is 59.9 Å². The number of hydrogen-bond acceptors (Lipinski definition) is 6. The van der Waals surface area contributed by atoms with Crippen LogP contribution in [0.25, 0.3) is 0 Å². The van der Waals surface area contributed by atoms with Crippen LogP contribution in [0.5, 0.6) is 0 Å². The first kappa shape index (κ1) is 22.4. The normalized spacial score (nSPS) is 10.5. The van der Waals surface area contributed by atoms with E-state index in [9.17, 15) is 18.8 Å². The number of halogens is 1. The minimum absolute atomic E-state index is 0.127. The van der Waals surface area contributed by atoms with Gasteiger partial charge in [0, 0.05) is 16.3 Å². The molecule has 0 atom stereocenters. The average Bonchev–Trinajstić information content (AvgIpc) is 2.68. The first-order valence-electron chi connectivity index (χ1n) is 8.98. The van der Waals surface area contributed by atoms with Crippen LogP contribution in [0.15, 0.2) is 53.4 Å². The number of nitrogens with one attached hydrogen (secondary N) is 1. The van der Waals surface area contributed by atoms with Crippen LogP contribution in [0.3, 0.4) is 0 Å². The van der Waals surface area contributed by atoms with Gasteiger partial charge in [-0.25, -0.2) is 9.18 Å². The molecule has 2 aromatic rings. The van der Waals surface area contributed by atoms with E-state index in [2.05, 4.69) is 5.32 Å². The molecule has 0 saturated carbocycles. The Hall–Kier alpha value is -2.87. The van der Waals surface area contributed by atoms with E-state index < -0.39 is 24.5 Å². The summed E-state index contributed by atoms with van der Waals surface area (Å²) < 4.78 is 22.9. The zero-order chi connectivity index (χ0) is 21.2. The summed E-state index contributed by atoms with van der Waals surface area (Å²) in [5, 5.41) is 2.58. The van der Waals surface area contributed by atoms with Gasteiger partial charge >= 0.3 is 11.9 Å². The van der Waals surface area contributed by atoms with Crippen molar-refractivity contribution in [2.45, 2.75) is 31.3 Å². The Morgan fingerprint density at radius 3 is 2.31 bits per heavy atom. The zero-order valence-corrected chi connectivity index (χ0v) is 17.0. The van der Waals surface area contributed by atoms with Gasteiger partial charge in [0.05, 0.1) is 18.1 Å². The third-order valence-electron chi connectivity index (χ3n) is 3.50. The van der Waals surface area contributed by atoms with E-state index in [1.54, 1.807) is 50.2 Å². The fourth-order valence-electron chi connectivity index (χ4n) is 2.17. The Morgan fingerprint density at radius 1 is 1.03 bits per heavy atom. The molecule has 154 valence electrons. The monoisotopic (exact) mass is 419 g/mol. The maximum absolute atomic E-state index is 12.8. The Labute approximate surface area is 172 Å². The molecule has 0 fully saturated rings. The molecule has 29 heavy (non-hydrogen) atoms. The summed E-state index contributed by atoms with van der Waals surface area (Å²) >= 11 is 1.40. The second-order valence-electron chi connectivity index (χ2n) is 6.29. The molecule has 6 nitrogen and oxygen atoms in total. The molecule has 0 saturated heterocycles. The molecule has 0 radical (unpaired) electrons. The highest BCUT2D eigenvalue weighted by molar-refractivity contribution is 7.99. The van der Waals surface area contributed by atoms with Crippen molar-refractivity contribution in [3.63, 3.8) is 0 Å². The van der Waals surface area contributed by atoms with Crippen LogP contribution < -0.4 is 5.32 Å². The Bertz CT molecular complexity index is 837. The van der Waals surface area contributed by atoms with Crippen molar-refractivity contribution < 1.29 is 28.2 Å². The number of hydrogen-bond donors (Lipinski definition) is 1. The molecule has 0 spiro atoms. The van der Waals surface area contributed by atoms with Crippen LogP contribution in [-0.4, -0.2) is 36.3 Å². The second kappa shape index (κ2) is 11.2. The molecule has 1 amide bonds. The van der Waals surface area contributed by atoms with Crippen molar-refractivity contribution in [2.75, 3.05) is 17.7 Å². The van der Waals surface area contributed by atoms with E-state index in [1.807, 2.05) is 0 Å². The third-order valence-corrected chi connectivity index (χ3v) is 4.51. The van der Waals surface area contributed by atoms with Crippen LogP contribution >= 0.6 is 11.8 Å². The van der Waals surface area contributed by atoms with E-state index >= 15 is 0 Å². The Morgan fingerprint density at radius 2 is 1.69 bits per heavy atom. The fraction of sp³-hybridized carbons (Fsp3) is 0.286. The second-order valence-corrected chi connectivity index (χ2v) is 7.46. The van der Waals surface area contributed by atoms with Gasteiger partial charge in [0.15, 0.2) is 6.61 Å². The lowest BCUT2D eigenvalue weighted by Crippen LogP contribution is -2.21. The summed E-state index contributed by atoms with van der Waals surface area (Å²) in [5.74, 6) is -1.28. The molecule has 0 heterocycles. The van der Waals surface area contributed by atoms with Crippen molar-refractivity contribution in [1.82, 2.24) is 0 Å². The molecular weight excluding hydrogens is 397 g/mol.